The van der Waals surface area contributed by atoms with Crippen LogP contribution in [0.25, 0.3) is 5.57 Å². The molecule has 3 nitrogen and oxygen atoms in total. The minimum absolute atomic E-state index is 0.785. The molecule has 64 valence electrons. The van der Waals surface area contributed by atoms with Crippen LogP contribution in [0.1, 0.15) is 18.3 Å². The van der Waals surface area contributed by atoms with E-state index in [4.69, 9.17) is 0 Å². The van der Waals surface area contributed by atoms with Crippen LogP contribution in [0.5, 0.6) is 0 Å². The molecule has 1 heterocycles. The molecule has 0 atom stereocenters. The second kappa shape index (κ2) is 3.34. The highest BCUT2D eigenvalue weighted by atomic mass is 15.0. The third-order valence-corrected chi connectivity index (χ3v) is 1.53. The maximum Gasteiger partial charge on any atom is 0.151 e. The van der Waals surface area contributed by atoms with Crippen LogP contribution in [0.15, 0.2) is 12.8 Å². The molecule has 0 saturated carbocycles. The number of allylic oxidation sites excluding steroid dienone is 1. The summed E-state index contributed by atoms with van der Waals surface area (Å²) >= 11 is 0. The van der Waals surface area contributed by atoms with Crippen molar-refractivity contribution >= 4 is 11.4 Å². The van der Waals surface area contributed by atoms with Crippen LogP contribution in [0.2, 0.25) is 0 Å². The van der Waals surface area contributed by atoms with Crippen LogP contribution in [0.3, 0.4) is 0 Å². The van der Waals surface area contributed by atoms with Crippen LogP contribution in [0.4, 0.5) is 5.82 Å². The SMILES string of the molecule is C=C(C)c1nc(C)cnc1NC. The summed E-state index contributed by atoms with van der Waals surface area (Å²) in [6, 6.07) is 0. The Hall–Kier alpha value is -1.38. The van der Waals surface area contributed by atoms with E-state index in [9.17, 15) is 0 Å². The van der Waals surface area contributed by atoms with Gasteiger partial charge < -0.3 is 5.32 Å². The molecule has 0 spiro atoms. The summed E-state index contributed by atoms with van der Waals surface area (Å²) in [6.45, 7) is 7.67. The molecule has 0 saturated heterocycles. The van der Waals surface area contributed by atoms with E-state index >= 15 is 0 Å². The predicted molar refractivity (Wildman–Crippen MR) is 51.0 cm³/mol. The molecule has 0 amide bonds. The van der Waals surface area contributed by atoms with Gasteiger partial charge in [-0.25, -0.2) is 9.97 Å². The van der Waals surface area contributed by atoms with E-state index in [1.165, 1.54) is 0 Å². The first-order valence-electron chi connectivity index (χ1n) is 3.82. The van der Waals surface area contributed by atoms with E-state index in [1.807, 2.05) is 20.9 Å². The number of aryl methyl sites for hydroxylation is 1. The Bertz CT molecular complexity index is 305. The van der Waals surface area contributed by atoms with Gasteiger partial charge in [0.1, 0.15) is 5.69 Å². The van der Waals surface area contributed by atoms with Gasteiger partial charge in [0.2, 0.25) is 0 Å². The number of aromatic nitrogens is 2. The second-order valence-corrected chi connectivity index (χ2v) is 2.74. The topological polar surface area (TPSA) is 37.8 Å². The molecule has 0 aliphatic carbocycles. The molecule has 0 aromatic carbocycles. The van der Waals surface area contributed by atoms with Gasteiger partial charge in [0.15, 0.2) is 5.82 Å². The third kappa shape index (κ3) is 1.61. The van der Waals surface area contributed by atoms with Gasteiger partial charge in [-0.15, -0.1) is 0 Å². The molecule has 3 heteroatoms. The van der Waals surface area contributed by atoms with Crippen molar-refractivity contribution in [3.63, 3.8) is 0 Å². The Labute approximate surface area is 72.6 Å². The summed E-state index contributed by atoms with van der Waals surface area (Å²) in [5.41, 5.74) is 2.68. The highest BCUT2D eigenvalue weighted by molar-refractivity contribution is 5.67. The molecule has 0 radical (unpaired) electrons. The van der Waals surface area contributed by atoms with E-state index < -0.39 is 0 Å². The quantitative estimate of drug-likeness (QED) is 0.723. The molecular weight excluding hydrogens is 150 g/mol. The van der Waals surface area contributed by atoms with Gasteiger partial charge in [-0.1, -0.05) is 6.58 Å². The van der Waals surface area contributed by atoms with Crippen molar-refractivity contribution < 1.29 is 0 Å². The normalized spacial score (nSPS) is 9.58. The minimum Gasteiger partial charge on any atom is -0.371 e. The van der Waals surface area contributed by atoms with Gasteiger partial charge in [-0.2, -0.15) is 0 Å². The van der Waals surface area contributed by atoms with Crippen molar-refractivity contribution in [1.29, 1.82) is 0 Å². The van der Waals surface area contributed by atoms with Gasteiger partial charge in [0, 0.05) is 7.05 Å². The number of nitrogens with one attached hydrogen (secondary N) is 1. The first-order valence-corrected chi connectivity index (χ1v) is 3.82. The number of nitrogens with zero attached hydrogens (tertiary/aromatic N) is 2. The lowest BCUT2D eigenvalue weighted by atomic mass is 10.2. The van der Waals surface area contributed by atoms with Gasteiger partial charge in [0.25, 0.3) is 0 Å². The standard InChI is InChI=1S/C9H13N3/c1-6(2)8-9(10-4)11-5-7(3)12-8/h5H,1H2,2-4H3,(H,10,11). The highest BCUT2D eigenvalue weighted by Crippen LogP contribution is 2.16. The summed E-state index contributed by atoms with van der Waals surface area (Å²) in [7, 11) is 1.83. The minimum atomic E-state index is 0.785. The first kappa shape index (κ1) is 8.71. The molecule has 0 bridgehead atoms. The molecule has 1 rings (SSSR count). The molecule has 0 unspecified atom stereocenters. The molecule has 1 aromatic heterocycles. The number of hydrogen-bond acceptors (Lipinski definition) is 3. The van der Waals surface area contributed by atoms with E-state index in [1.54, 1.807) is 6.20 Å². The number of rotatable bonds is 2. The lowest BCUT2D eigenvalue weighted by Crippen LogP contribution is -2.00. The summed E-state index contributed by atoms with van der Waals surface area (Å²) in [6.07, 6.45) is 1.73. The maximum absolute atomic E-state index is 4.32. The number of anilines is 1. The van der Waals surface area contributed by atoms with Crippen molar-refractivity contribution in [3.8, 4) is 0 Å². The van der Waals surface area contributed by atoms with Crippen LogP contribution in [0, 0.1) is 6.92 Å². The smallest absolute Gasteiger partial charge is 0.151 e. The monoisotopic (exact) mass is 163 g/mol. The molecule has 1 N–H and O–H groups in total. The van der Waals surface area contributed by atoms with E-state index in [2.05, 4.69) is 21.9 Å². The van der Waals surface area contributed by atoms with Gasteiger partial charge in [0.05, 0.1) is 11.9 Å². The van der Waals surface area contributed by atoms with Crippen molar-refractivity contribution in [1.82, 2.24) is 9.97 Å². The highest BCUT2D eigenvalue weighted by Gasteiger charge is 2.03. The molecule has 0 aliphatic heterocycles. The average molecular weight is 163 g/mol. The van der Waals surface area contributed by atoms with E-state index in [0.29, 0.717) is 0 Å². The molecule has 0 aliphatic rings. The van der Waals surface area contributed by atoms with Crippen molar-refractivity contribution in [2.75, 3.05) is 12.4 Å². The van der Waals surface area contributed by atoms with E-state index in [0.717, 1.165) is 22.8 Å². The Balaban J connectivity index is 3.21. The van der Waals surface area contributed by atoms with Crippen molar-refractivity contribution in [2.24, 2.45) is 0 Å². The summed E-state index contributed by atoms with van der Waals surface area (Å²) in [5, 5.41) is 2.97. The van der Waals surface area contributed by atoms with Crippen LogP contribution in [-0.4, -0.2) is 17.0 Å². The lowest BCUT2D eigenvalue weighted by Gasteiger charge is -2.06. The summed E-state index contributed by atoms with van der Waals surface area (Å²) in [5.74, 6) is 0.785. The fourth-order valence-electron chi connectivity index (χ4n) is 0.958. The first-order chi connectivity index (χ1) is 5.65. The molecular formula is C9H13N3. The van der Waals surface area contributed by atoms with Crippen LogP contribution in [-0.2, 0) is 0 Å². The Morgan fingerprint density at radius 3 is 2.75 bits per heavy atom. The largest absolute Gasteiger partial charge is 0.371 e. The molecule has 1 aromatic rings. The Morgan fingerprint density at radius 2 is 2.25 bits per heavy atom. The van der Waals surface area contributed by atoms with Crippen molar-refractivity contribution in [3.05, 3.63) is 24.2 Å². The van der Waals surface area contributed by atoms with Gasteiger partial charge >= 0.3 is 0 Å². The summed E-state index contributed by atoms with van der Waals surface area (Å²) in [4.78, 5) is 8.50. The maximum atomic E-state index is 4.32. The zero-order valence-corrected chi connectivity index (χ0v) is 7.68. The van der Waals surface area contributed by atoms with Crippen molar-refractivity contribution in [2.45, 2.75) is 13.8 Å². The average Bonchev–Trinajstić information content (AvgIpc) is 2.04. The predicted octanol–water partition coefficient (Wildman–Crippen LogP) is 1.86. The number of hydrogen-bond donors (Lipinski definition) is 1. The lowest BCUT2D eigenvalue weighted by molar-refractivity contribution is 1.09. The summed E-state index contributed by atoms with van der Waals surface area (Å²) < 4.78 is 0. The fourth-order valence-corrected chi connectivity index (χ4v) is 0.958. The third-order valence-electron chi connectivity index (χ3n) is 1.53. The second-order valence-electron chi connectivity index (χ2n) is 2.74. The zero-order valence-electron chi connectivity index (χ0n) is 7.68. The van der Waals surface area contributed by atoms with Gasteiger partial charge in [-0.05, 0) is 19.4 Å². The van der Waals surface area contributed by atoms with Crippen LogP contribution >= 0.6 is 0 Å². The van der Waals surface area contributed by atoms with Gasteiger partial charge in [-0.3, -0.25) is 0 Å². The molecule has 12 heavy (non-hydrogen) atoms. The molecule has 0 fully saturated rings. The zero-order chi connectivity index (χ0) is 9.14. The van der Waals surface area contributed by atoms with Crippen LogP contribution < -0.4 is 5.32 Å². The Morgan fingerprint density at radius 1 is 1.58 bits per heavy atom. The fraction of sp³-hybridized carbons (Fsp3) is 0.333. The Kier molecular flexibility index (Phi) is 2.43. The van der Waals surface area contributed by atoms with E-state index in [-0.39, 0.29) is 0 Å².